The van der Waals surface area contributed by atoms with Crippen molar-refractivity contribution in [3.8, 4) is 5.75 Å². The Balaban J connectivity index is 2.77. The second-order valence-electron chi connectivity index (χ2n) is 3.64. The third-order valence-corrected chi connectivity index (χ3v) is 2.18. The zero-order valence-corrected chi connectivity index (χ0v) is 9.23. The first-order valence-corrected chi connectivity index (χ1v) is 5.17. The first-order valence-electron chi connectivity index (χ1n) is 5.17. The lowest BCUT2D eigenvalue weighted by molar-refractivity contribution is 0.187. The minimum Gasteiger partial charge on any atom is -0.493 e. The van der Waals surface area contributed by atoms with Crippen LogP contribution >= 0.6 is 0 Å². The van der Waals surface area contributed by atoms with Crippen molar-refractivity contribution in [2.75, 3.05) is 13.2 Å². The molecule has 1 aromatic rings. The van der Waals surface area contributed by atoms with E-state index in [-0.39, 0.29) is 6.61 Å². The third kappa shape index (κ3) is 3.53. The van der Waals surface area contributed by atoms with Crippen molar-refractivity contribution in [3.05, 3.63) is 29.3 Å². The summed E-state index contributed by atoms with van der Waals surface area (Å²) in [6.07, 6.45) is 0.0717. The number of aliphatic hydroxyl groups is 2. The summed E-state index contributed by atoms with van der Waals surface area (Å²) in [5, 5.41) is 18.2. The van der Waals surface area contributed by atoms with Gasteiger partial charge in [0.25, 0.3) is 0 Å². The van der Waals surface area contributed by atoms with E-state index < -0.39 is 6.10 Å². The Morgan fingerprint density at radius 1 is 1.40 bits per heavy atom. The SMILES string of the molecule is Cc1ccc(C(C)O)c(OCCCO)c1. The highest BCUT2D eigenvalue weighted by atomic mass is 16.5. The maximum atomic E-state index is 9.52. The molecule has 1 atom stereocenters. The van der Waals surface area contributed by atoms with Gasteiger partial charge in [-0.15, -0.1) is 0 Å². The summed E-state index contributed by atoms with van der Waals surface area (Å²) in [5.74, 6) is 0.707. The molecule has 0 aliphatic heterocycles. The molecule has 0 aliphatic carbocycles. The molecule has 1 aromatic carbocycles. The molecule has 0 fully saturated rings. The lowest BCUT2D eigenvalue weighted by Gasteiger charge is -2.13. The Labute approximate surface area is 90.3 Å². The third-order valence-electron chi connectivity index (χ3n) is 2.18. The van der Waals surface area contributed by atoms with Crippen LogP contribution in [0.3, 0.4) is 0 Å². The van der Waals surface area contributed by atoms with Gasteiger partial charge in [-0.2, -0.15) is 0 Å². The van der Waals surface area contributed by atoms with E-state index in [1.54, 1.807) is 6.92 Å². The molecule has 15 heavy (non-hydrogen) atoms. The zero-order chi connectivity index (χ0) is 11.3. The van der Waals surface area contributed by atoms with Gasteiger partial charge in [0.15, 0.2) is 0 Å². The number of aryl methyl sites for hydroxylation is 1. The number of benzene rings is 1. The predicted molar refractivity (Wildman–Crippen MR) is 59.0 cm³/mol. The van der Waals surface area contributed by atoms with Gasteiger partial charge in [-0.05, 0) is 25.5 Å². The fraction of sp³-hybridized carbons (Fsp3) is 0.500. The summed E-state index contributed by atoms with van der Waals surface area (Å²) in [7, 11) is 0. The van der Waals surface area contributed by atoms with Gasteiger partial charge in [0.1, 0.15) is 5.75 Å². The standard InChI is InChI=1S/C12H18O3/c1-9-4-5-11(10(2)14)12(8-9)15-7-3-6-13/h4-5,8,10,13-14H,3,6-7H2,1-2H3. The van der Waals surface area contributed by atoms with Crippen molar-refractivity contribution in [2.45, 2.75) is 26.4 Å². The Bertz CT molecular complexity index is 308. The highest BCUT2D eigenvalue weighted by Gasteiger charge is 2.08. The van der Waals surface area contributed by atoms with Crippen LogP contribution in [-0.4, -0.2) is 23.4 Å². The molecule has 0 aromatic heterocycles. The van der Waals surface area contributed by atoms with Crippen LogP contribution < -0.4 is 4.74 Å². The normalized spacial score (nSPS) is 12.5. The van der Waals surface area contributed by atoms with Crippen molar-refractivity contribution in [3.63, 3.8) is 0 Å². The molecule has 0 spiro atoms. The number of hydrogen-bond donors (Lipinski definition) is 2. The zero-order valence-electron chi connectivity index (χ0n) is 9.23. The second-order valence-corrected chi connectivity index (χ2v) is 3.64. The number of hydrogen-bond acceptors (Lipinski definition) is 3. The van der Waals surface area contributed by atoms with Crippen molar-refractivity contribution in [1.29, 1.82) is 0 Å². The second kappa shape index (κ2) is 5.73. The maximum Gasteiger partial charge on any atom is 0.125 e. The highest BCUT2D eigenvalue weighted by molar-refractivity contribution is 5.38. The van der Waals surface area contributed by atoms with E-state index >= 15 is 0 Å². The molecular formula is C12H18O3. The highest BCUT2D eigenvalue weighted by Crippen LogP contribution is 2.26. The summed E-state index contributed by atoms with van der Waals surface area (Å²) in [4.78, 5) is 0. The molecule has 0 radical (unpaired) electrons. The molecule has 2 N–H and O–H groups in total. The topological polar surface area (TPSA) is 49.7 Å². The molecule has 84 valence electrons. The monoisotopic (exact) mass is 210 g/mol. The molecule has 1 unspecified atom stereocenters. The lowest BCUT2D eigenvalue weighted by Crippen LogP contribution is -2.04. The molecule has 0 aliphatic rings. The van der Waals surface area contributed by atoms with Gasteiger partial charge in [0.2, 0.25) is 0 Å². The van der Waals surface area contributed by atoms with E-state index in [1.807, 2.05) is 25.1 Å². The Hall–Kier alpha value is -1.06. The summed E-state index contributed by atoms with van der Waals surface area (Å²) in [6.45, 7) is 4.28. The van der Waals surface area contributed by atoms with E-state index in [0.717, 1.165) is 11.1 Å². The average Bonchev–Trinajstić information content (AvgIpc) is 2.18. The minimum absolute atomic E-state index is 0.121. The van der Waals surface area contributed by atoms with Gasteiger partial charge in [-0.25, -0.2) is 0 Å². The molecule has 1 rings (SSSR count). The number of aliphatic hydroxyl groups excluding tert-OH is 2. The lowest BCUT2D eigenvalue weighted by atomic mass is 10.1. The smallest absolute Gasteiger partial charge is 0.125 e. The van der Waals surface area contributed by atoms with Gasteiger partial charge < -0.3 is 14.9 Å². The van der Waals surface area contributed by atoms with Crippen LogP contribution in [0.4, 0.5) is 0 Å². The van der Waals surface area contributed by atoms with E-state index in [4.69, 9.17) is 9.84 Å². The van der Waals surface area contributed by atoms with Crippen molar-refractivity contribution in [1.82, 2.24) is 0 Å². The van der Waals surface area contributed by atoms with Gasteiger partial charge in [-0.1, -0.05) is 12.1 Å². The van der Waals surface area contributed by atoms with Crippen LogP contribution in [-0.2, 0) is 0 Å². The summed E-state index contributed by atoms with van der Waals surface area (Å²) in [6, 6.07) is 5.72. The summed E-state index contributed by atoms with van der Waals surface area (Å²) in [5.41, 5.74) is 1.89. The first-order chi connectivity index (χ1) is 7.15. The van der Waals surface area contributed by atoms with E-state index in [1.165, 1.54) is 0 Å². The first kappa shape index (κ1) is 12.0. The van der Waals surface area contributed by atoms with Crippen LogP contribution in [0.25, 0.3) is 0 Å². The minimum atomic E-state index is -0.533. The Kier molecular flexibility index (Phi) is 4.59. The Morgan fingerprint density at radius 3 is 2.73 bits per heavy atom. The van der Waals surface area contributed by atoms with Gasteiger partial charge in [0, 0.05) is 18.6 Å². The van der Waals surface area contributed by atoms with Gasteiger partial charge in [-0.3, -0.25) is 0 Å². The van der Waals surface area contributed by atoms with E-state index in [9.17, 15) is 5.11 Å². The number of ether oxygens (including phenoxy) is 1. The number of rotatable bonds is 5. The molecule has 0 amide bonds. The van der Waals surface area contributed by atoms with Crippen LogP contribution in [0, 0.1) is 6.92 Å². The van der Waals surface area contributed by atoms with E-state index in [0.29, 0.717) is 18.8 Å². The molecule has 0 saturated carbocycles. The fourth-order valence-corrected chi connectivity index (χ4v) is 1.36. The predicted octanol–water partition coefficient (Wildman–Crippen LogP) is 1.81. The molecule has 0 heterocycles. The molecular weight excluding hydrogens is 192 g/mol. The van der Waals surface area contributed by atoms with Gasteiger partial charge in [0.05, 0.1) is 12.7 Å². The maximum absolute atomic E-state index is 9.52. The van der Waals surface area contributed by atoms with Crippen molar-refractivity contribution < 1.29 is 14.9 Å². The average molecular weight is 210 g/mol. The molecule has 3 heteroatoms. The van der Waals surface area contributed by atoms with Crippen LogP contribution in [0.2, 0.25) is 0 Å². The van der Waals surface area contributed by atoms with Crippen LogP contribution in [0.5, 0.6) is 5.75 Å². The quantitative estimate of drug-likeness (QED) is 0.729. The van der Waals surface area contributed by atoms with Gasteiger partial charge >= 0.3 is 0 Å². The van der Waals surface area contributed by atoms with Crippen LogP contribution in [0.15, 0.2) is 18.2 Å². The summed E-state index contributed by atoms with van der Waals surface area (Å²) < 4.78 is 5.50. The Morgan fingerprint density at radius 2 is 2.13 bits per heavy atom. The van der Waals surface area contributed by atoms with Crippen molar-refractivity contribution >= 4 is 0 Å². The van der Waals surface area contributed by atoms with E-state index in [2.05, 4.69) is 0 Å². The summed E-state index contributed by atoms with van der Waals surface area (Å²) >= 11 is 0. The van der Waals surface area contributed by atoms with Crippen molar-refractivity contribution in [2.24, 2.45) is 0 Å². The fourth-order valence-electron chi connectivity index (χ4n) is 1.36. The largest absolute Gasteiger partial charge is 0.493 e. The molecule has 0 saturated heterocycles. The van der Waals surface area contributed by atoms with Crippen LogP contribution in [0.1, 0.15) is 30.6 Å². The molecule has 3 nitrogen and oxygen atoms in total. The molecule has 0 bridgehead atoms.